The lowest BCUT2D eigenvalue weighted by molar-refractivity contribution is -0.119. The molecule has 5 nitrogen and oxygen atoms in total. The first-order valence-corrected chi connectivity index (χ1v) is 9.74. The molecule has 0 aliphatic carbocycles. The molecule has 2 aromatic carbocycles. The Balaban J connectivity index is 1.47. The van der Waals surface area contributed by atoms with E-state index in [1.54, 1.807) is 19.2 Å². The minimum atomic E-state index is -0.181. The Kier molecular flexibility index (Phi) is 7.00. The zero-order chi connectivity index (χ0) is 19.8. The summed E-state index contributed by atoms with van der Waals surface area (Å²) in [4.78, 5) is 18.1. The molecule has 3 rings (SSSR count). The van der Waals surface area contributed by atoms with Crippen molar-refractivity contribution in [3.05, 3.63) is 65.5 Å². The highest BCUT2D eigenvalue weighted by Gasteiger charge is 2.19. The molecule has 1 saturated heterocycles. The van der Waals surface area contributed by atoms with Crippen molar-refractivity contribution in [3.63, 3.8) is 0 Å². The lowest BCUT2D eigenvalue weighted by Crippen LogP contribution is -2.38. The van der Waals surface area contributed by atoms with E-state index in [-0.39, 0.29) is 11.7 Å². The van der Waals surface area contributed by atoms with Crippen LogP contribution in [0.4, 0.5) is 10.1 Å². The molecule has 0 radical (unpaired) electrons. The average Bonchev–Trinajstić information content (AvgIpc) is 2.73. The summed E-state index contributed by atoms with van der Waals surface area (Å²) < 4.78 is 13.7. The number of piperidine rings is 1. The molecule has 0 atom stereocenters. The van der Waals surface area contributed by atoms with Crippen LogP contribution in [0.15, 0.2) is 53.5 Å². The van der Waals surface area contributed by atoms with Crippen molar-refractivity contribution in [2.75, 3.05) is 25.0 Å². The summed E-state index contributed by atoms with van der Waals surface area (Å²) in [5.74, 6) is 0.697. The summed E-state index contributed by atoms with van der Waals surface area (Å²) in [6.45, 7) is 2.01. The average molecular weight is 382 g/mol. The maximum atomic E-state index is 13.7. The third-order valence-corrected chi connectivity index (χ3v) is 4.90. The van der Waals surface area contributed by atoms with Crippen LogP contribution in [0, 0.1) is 5.82 Å². The molecule has 1 heterocycles. The Morgan fingerprint density at radius 3 is 2.61 bits per heavy atom. The van der Waals surface area contributed by atoms with Crippen LogP contribution in [0.2, 0.25) is 0 Å². The van der Waals surface area contributed by atoms with E-state index in [1.165, 1.54) is 6.07 Å². The van der Waals surface area contributed by atoms with Gasteiger partial charge in [0.05, 0.1) is 0 Å². The maximum Gasteiger partial charge on any atom is 0.226 e. The van der Waals surface area contributed by atoms with Gasteiger partial charge in [0.2, 0.25) is 5.91 Å². The Hall–Kier alpha value is -2.89. The van der Waals surface area contributed by atoms with E-state index >= 15 is 0 Å². The zero-order valence-corrected chi connectivity index (χ0v) is 16.2. The highest BCUT2D eigenvalue weighted by Crippen LogP contribution is 2.21. The number of halogens is 1. The van der Waals surface area contributed by atoms with Gasteiger partial charge in [0.15, 0.2) is 5.96 Å². The van der Waals surface area contributed by atoms with Crippen molar-refractivity contribution in [2.45, 2.75) is 32.2 Å². The first-order chi connectivity index (χ1) is 13.7. The molecule has 0 unspecified atom stereocenters. The van der Waals surface area contributed by atoms with Crippen LogP contribution in [-0.2, 0) is 17.8 Å². The Labute approximate surface area is 165 Å². The van der Waals surface area contributed by atoms with Crippen LogP contribution in [0.25, 0.3) is 0 Å². The van der Waals surface area contributed by atoms with E-state index in [1.807, 2.05) is 35.2 Å². The van der Waals surface area contributed by atoms with Crippen molar-refractivity contribution < 1.29 is 9.18 Å². The van der Waals surface area contributed by atoms with Gasteiger partial charge in [-0.25, -0.2) is 4.39 Å². The minimum Gasteiger partial charge on any atom is -0.356 e. The normalized spacial score (nSPS) is 14.9. The third-order valence-electron chi connectivity index (χ3n) is 4.90. The van der Waals surface area contributed by atoms with Crippen LogP contribution in [0.3, 0.4) is 0 Å². The second-order valence-electron chi connectivity index (χ2n) is 6.86. The Morgan fingerprint density at radius 1 is 1.11 bits per heavy atom. The highest BCUT2D eigenvalue weighted by atomic mass is 19.1. The van der Waals surface area contributed by atoms with Crippen molar-refractivity contribution in [1.29, 1.82) is 0 Å². The van der Waals surface area contributed by atoms with Gasteiger partial charge < -0.3 is 15.5 Å². The second-order valence-corrected chi connectivity index (χ2v) is 6.86. The largest absolute Gasteiger partial charge is 0.356 e. The SMILES string of the molecule is CN=C(NCCc1ccccc1F)NCc1ccc(N2CCCCC2=O)cc1. The van der Waals surface area contributed by atoms with Gasteiger partial charge in [-0.2, -0.15) is 0 Å². The Morgan fingerprint density at radius 2 is 1.89 bits per heavy atom. The number of amides is 1. The molecular formula is C22H27FN4O. The van der Waals surface area contributed by atoms with E-state index < -0.39 is 0 Å². The summed E-state index contributed by atoms with van der Waals surface area (Å²) in [6.07, 6.45) is 3.27. The van der Waals surface area contributed by atoms with Crippen LogP contribution >= 0.6 is 0 Å². The van der Waals surface area contributed by atoms with E-state index in [2.05, 4.69) is 15.6 Å². The maximum absolute atomic E-state index is 13.7. The van der Waals surface area contributed by atoms with Gasteiger partial charge in [0.25, 0.3) is 0 Å². The van der Waals surface area contributed by atoms with Gasteiger partial charge in [0.1, 0.15) is 5.82 Å². The fraction of sp³-hybridized carbons (Fsp3) is 0.364. The quantitative estimate of drug-likeness (QED) is 0.596. The molecule has 0 spiro atoms. The topological polar surface area (TPSA) is 56.7 Å². The molecule has 148 valence electrons. The van der Waals surface area contributed by atoms with Crippen molar-refractivity contribution >= 4 is 17.6 Å². The summed E-state index contributed by atoms with van der Waals surface area (Å²) in [5, 5.41) is 6.46. The van der Waals surface area contributed by atoms with Gasteiger partial charge in [-0.1, -0.05) is 30.3 Å². The number of carbonyl (C=O) groups is 1. The summed E-state index contributed by atoms with van der Waals surface area (Å²) in [5.41, 5.74) is 2.75. The van der Waals surface area contributed by atoms with Gasteiger partial charge in [-0.3, -0.25) is 9.79 Å². The minimum absolute atomic E-state index is 0.181. The molecular weight excluding hydrogens is 355 g/mol. The fourth-order valence-corrected chi connectivity index (χ4v) is 3.30. The van der Waals surface area contributed by atoms with E-state index in [0.29, 0.717) is 37.5 Å². The van der Waals surface area contributed by atoms with Crippen LogP contribution < -0.4 is 15.5 Å². The molecule has 2 aromatic rings. The summed E-state index contributed by atoms with van der Waals surface area (Å²) in [6, 6.07) is 14.8. The van der Waals surface area contributed by atoms with Crippen LogP contribution in [0.1, 0.15) is 30.4 Å². The number of carbonyl (C=O) groups excluding carboxylic acids is 1. The predicted octanol–water partition coefficient (Wildman–Crippen LogP) is 3.25. The summed E-state index contributed by atoms with van der Waals surface area (Å²) >= 11 is 0. The third kappa shape index (κ3) is 5.31. The van der Waals surface area contributed by atoms with E-state index in [0.717, 1.165) is 30.6 Å². The zero-order valence-electron chi connectivity index (χ0n) is 16.2. The number of nitrogens with zero attached hydrogens (tertiary/aromatic N) is 2. The fourth-order valence-electron chi connectivity index (χ4n) is 3.30. The highest BCUT2D eigenvalue weighted by molar-refractivity contribution is 5.93. The van der Waals surface area contributed by atoms with E-state index in [4.69, 9.17) is 0 Å². The van der Waals surface area contributed by atoms with Gasteiger partial charge in [-0.05, 0) is 48.6 Å². The monoisotopic (exact) mass is 382 g/mol. The van der Waals surface area contributed by atoms with Crippen molar-refractivity contribution in [2.24, 2.45) is 4.99 Å². The summed E-state index contributed by atoms with van der Waals surface area (Å²) in [7, 11) is 1.71. The number of anilines is 1. The van der Waals surface area contributed by atoms with Crippen LogP contribution in [0.5, 0.6) is 0 Å². The molecule has 1 amide bonds. The van der Waals surface area contributed by atoms with Crippen molar-refractivity contribution in [3.8, 4) is 0 Å². The molecule has 1 aliphatic heterocycles. The van der Waals surface area contributed by atoms with Crippen molar-refractivity contribution in [1.82, 2.24) is 10.6 Å². The Bertz CT molecular complexity index is 820. The van der Waals surface area contributed by atoms with Gasteiger partial charge in [0, 0.05) is 38.8 Å². The number of rotatable bonds is 6. The molecule has 0 bridgehead atoms. The number of nitrogens with one attached hydrogen (secondary N) is 2. The van der Waals surface area contributed by atoms with Crippen LogP contribution in [-0.4, -0.2) is 32.0 Å². The molecule has 6 heteroatoms. The molecule has 0 aromatic heterocycles. The smallest absolute Gasteiger partial charge is 0.226 e. The lowest BCUT2D eigenvalue weighted by Gasteiger charge is -2.26. The second kappa shape index (κ2) is 9.88. The molecule has 2 N–H and O–H groups in total. The number of hydrogen-bond acceptors (Lipinski definition) is 2. The van der Waals surface area contributed by atoms with Gasteiger partial charge >= 0.3 is 0 Å². The number of guanidine groups is 1. The molecule has 1 fully saturated rings. The first kappa shape index (κ1) is 19.9. The number of aliphatic imine (C=N–C) groups is 1. The van der Waals surface area contributed by atoms with E-state index in [9.17, 15) is 9.18 Å². The number of hydrogen-bond donors (Lipinski definition) is 2. The standard InChI is InChI=1S/C22H27FN4O/c1-24-22(25-14-13-18-6-2-3-7-20(18)23)26-16-17-9-11-19(12-10-17)27-15-5-4-8-21(27)28/h2-3,6-7,9-12H,4-5,8,13-16H2,1H3,(H2,24,25,26). The lowest BCUT2D eigenvalue weighted by atomic mass is 10.1. The number of benzene rings is 2. The van der Waals surface area contributed by atoms with Gasteiger partial charge in [-0.15, -0.1) is 0 Å². The predicted molar refractivity (Wildman–Crippen MR) is 111 cm³/mol. The first-order valence-electron chi connectivity index (χ1n) is 9.74. The molecule has 1 aliphatic rings. The molecule has 28 heavy (non-hydrogen) atoms. The molecule has 0 saturated carbocycles.